The zero-order chi connectivity index (χ0) is 5.28. The third-order valence-corrected chi connectivity index (χ3v) is 1.57. The molecule has 0 bridgehead atoms. The van der Waals surface area contributed by atoms with Gasteiger partial charge in [-0.3, -0.25) is 4.39 Å². The Morgan fingerprint density at radius 1 is 1.50 bits per heavy atom. The first-order valence-corrected chi connectivity index (χ1v) is 2.64. The molecule has 2 N–H and O–H groups in total. The van der Waals surface area contributed by atoms with Crippen molar-refractivity contribution >= 4 is 12.4 Å². The highest BCUT2D eigenvalue weighted by Gasteiger charge is 2.35. The number of rotatable bonds is 2. The predicted octanol–water partition coefficient (Wildman–Crippen LogP) is 0.973. The molecule has 0 aromatic heterocycles. The van der Waals surface area contributed by atoms with Crippen LogP contribution in [0.15, 0.2) is 0 Å². The number of nitrogens with two attached hydrogens (primary N) is 1. The standard InChI is InChI=1S/C5H10FN.ClH/c6-2-4-1-5(4)3-7;/h4-5H,1-3,7H2;1H/t4-,5-;/m1./s1. The van der Waals surface area contributed by atoms with Crippen LogP contribution in [0.5, 0.6) is 0 Å². The fourth-order valence-electron chi connectivity index (χ4n) is 0.788. The molecule has 1 aliphatic rings. The Hall–Kier alpha value is 0.180. The molecule has 0 heterocycles. The van der Waals surface area contributed by atoms with Crippen molar-refractivity contribution in [2.24, 2.45) is 17.6 Å². The monoisotopic (exact) mass is 139 g/mol. The molecule has 0 spiro atoms. The molecule has 0 unspecified atom stereocenters. The van der Waals surface area contributed by atoms with Crippen molar-refractivity contribution in [1.29, 1.82) is 0 Å². The first-order valence-electron chi connectivity index (χ1n) is 2.64. The SMILES string of the molecule is Cl.NC[C@H]1C[C@@H]1CF. The molecule has 0 aromatic rings. The molecule has 0 saturated heterocycles. The molecule has 0 radical (unpaired) electrons. The molecule has 1 saturated carbocycles. The minimum absolute atomic E-state index is 0. The molecule has 1 fully saturated rings. The summed E-state index contributed by atoms with van der Waals surface area (Å²) in [6, 6.07) is 0. The molecule has 50 valence electrons. The van der Waals surface area contributed by atoms with Crippen LogP contribution in [-0.2, 0) is 0 Å². The zero-order valence-corrected chi connectivity index (χ0v) is 5.46. The summed E-state index contributed by atoms with van der Waals surface area (Å²) in [5, 5.41) is 0. The van der Waals surface area contributed by atoms with E-state index in [2.05, 4.69) is 0 Å². The van der Waals surface area contributed by atoms with Gasteiger partial charge in [0.1, 0.15) is 0 Å². The van der Waals surface area contributed by atoms with Crippen molar-refractivity contribution < 1.29 is 4.39 Å². The number of hydrogen-bond donors (Lipinski definition) is 1. The molecule has 1 nitrogen and oxygen atoms in total. The quantitative estimate of drug-likeness (QED) is 0.606. The Kier molecular flexibility index (Phi) is 3.33. The summed E-state index contributed by atoms with van der Waals surface area (Å²) in [7, 11) is 0. The predicted molar refractivity (Wildman–Crippen MR) is 33.9 cm³/mol. The van der Waals surface area contributed by atoms with Gasteiger partial charge in [0.15, 0.2) is 0 Å². The van der Waals surface area contributed by atoms with Gasteiger partial charge in [0.05, 0.1) is 6.67 Å². The molecule has 2 atom stereocenters. The molecule has 0 amide bonds. The van der Waals surface area contributed by atoms with Gasteiger partial charge in [-0.05, 0) is 24.8 Å². The van der Waals surface area contributed by atoms with Crippen LogP contribution in [-0.4, -0.2) is 13.2 Å². The molecule has 0 aromatic carbocycles. The van der Waals surface area contributed by atoms with Gasteiger partial charge in [-0.15, -0.1) is 12.4 Å². The summed E-state index contributed by atoms with van der Waals surface area (Å²) >= 11 is 0. The summed E-state index contributed by atoms with van der Waals surface area (Å²) < 4.78 is 11.6. The van der Waals surface area contributed by atoms with E-state index in [1.165, 1.54) is 0 Å². The van der Waals surface area contributed by atoms with Crippen LogP contribution in [0.1, 0.15) is 6.42 Å². The Morgan fingerprint density at radius 3 is 2.25 bits per heavy atom. The lowest BCUT2D eigenvalue weighted by Gasteiger charge is -1.83. The molecule has 8 heavy (non-hydrogen) atoms. The normalized spacial score (nSPS) is 33.8. The maximum absolute atomic E-state index is 11.6. The van der Waals surface area contributed by atoms with Crippen LogP contribution < -0.4 is 5.73 Å². The molecule has 1 rings (SSSR count). The smallest absolute Gasteiger partial charge is 0.0925 e. The Bertz CT molecular complexity index is 61.4. The zero-order valence-electron chi connectivity index (χ0n) is 4.64. The van der Waals surface area contributed by atoms with Crippen molar-refractivity contribution in [2.75, 3.05) is 13.2 Å². The molecular weight excluding hydrogens is 129 g/mol. The Morgan fingerprint density at radius 2 is 2.12 bits per heavy atom. The van der Waals surface area contributed by atoms with Crippen LogP contribution in [0.4, 0.5) is 4.39 Å². The second kappa shape index (κ2) is 3.25. The average molecular weight is 140 g/mol. The van der Waals surface area contributed by atoms with Gasteiger partial charge in [-0.25, -0.2) is 0 Å². The van der Waals surface area contributed by atoms with Gasteiger partial charge >= 0.3 is 0 Å². The summed E-state index contributed by atoms with van der Waals surface area (Å²) in [4.78, 5) is 0. The summed E-state index contributed by atoms with van der Waals surface area (Å²) in [6.07, 6.45) is 1.02. The first kappa shape index (κ1) is 8.18. The Balaban J connectivity index is 0.000000490. The molecular formula is C5H11ClFN. The van der Waals surface area contributed by atoms with Crippen molar-refractivity contribution in [3.05, 3.63) is 0 Å². The lowest BCUT2D eigenvalue weighted by atomic mass is 10.3. The van der Waals surface area contributed by atoms with Crippen LogP contribution >= 0.6 is 12.4 Å². The van der Waals surface area contributed by atoms with E-state index < -0.39 is 0 Å². The third-order valence-electron chi connectivity index (χ3n) is 1.57. The third kappa shape index (κ3) is 1.60. The Labute approximate surface area is 54.9 Å². The van der Waals surface area contributed by atoms with E-state index in [1.54, 1.807) is 0 Å². The topological polar surface area (TPSA) is 26.0 Å². The van der Waals surface area contributed by atoms with E-state index in [4.69, 9.17) is 5.73 Å². The minimum Gasteiger partial charge on any atom is -0.330 e. The first-order chi connectivity index (χ1) is 3.38. The van der Waals surface area contributed by atoms with Crippen molar-refractivity contribution in [3.63, 3.8) is 0 Å². The van der Waals surface area contributed by atoms with Crippen molar-refractivity contribution in [2.45, 2.75) is 6.42 Å². The molecule has 3 heteroatoms. The van der Waals surface area contributed by atoms with Crippen LogP contribution in [0.25, 0.3) is 0 Å². The number of alkyl halides is 1. The lowest BCUT2D eigenvalue weighted by molar-refractivity contribution is 0.441. The van der Waals surface area contributed by atoms with Gasteiger partial charge < -0.3 is 5.73 Å². The van der Waals surface area contributed by atoms with E-state index in [0.717, 1.165) is 6.42 Å². The van der Waals surface area contributed by atoms with Crippen LogP contribution in [0.3, 0.4) is 0 Å². The fraction of sp³-hybridized carbons (Fsp3) is 1.00. The van der Waals surface area contributed by atoms with Crippen LogP contribution in [0.2, 0.25) is 0 Å². The maximum atomic E-state index is 11.6. The summed E-state index contributed by atoms with van der Waals surface area (Å²) in [5.41, 5.74) is 5.23. The van der Waals surface area contributed by atoms with Gasteiger partial charge in [0, 0.05) is 0 Å². The fourth-order valence-corrected chi connectivity index (χ4v) is 0.788. The highest BCUT2D eigenvalue weighted by atomic mass is 35.5. The van der Waals surface area contributed by atoms with Gasteiger partial charge in [0.2, 0.25) is 0 Å². The van der Waals surface area contributed by atoms with E-state index in [-0.39, 0.29) is 19.1 Å². The van der Waals surface area contributed by atoms with Crippen molar-refractivity contribution in [1.82, 2.24) is 0 Å². The van der Waals surface area contributed by atoms with E-state index >= 15 is 0 Å². The lowest BCUT2D eigenvalue weighted by Crippen LogP contribution is -2.02. The highest BCUT2D eigenvalue weighted by Crippen LogP contribution is 2.37. The van der Waals surface area contributed by atoms with Crippen LogP contribution in [0, 0.1) is 11.8 Å². The minimum atomic E-state index is -0.165. The van der Waals surface area contributed by atoms with E-state index in [9.17, 15) is 4.39 Å². The van der Waals surface area contributed by atoms with Crippen molar-refractivity contribution in [3.8, 4) is 0 Å². The molecule has 0 aliphatic heterocycles. The maximum Gasteiger partial charge on any atom is 0.0925 e. The van der Waals surface area contributed by atoms with Gasteiger partial charge in [0.25, 0.3) is 0 Å². The summed E-state index contributed by atoms with van der Waals surface area (Å²) in [5.74, 6) is 0.843. The second-order valence-corrected chi connectivity index (χ2v) is 2.15. The number of hydrogen-bond acceptors (Lipinski definition) is 1. The molecule has 1 aliphatic carbocycles. The summed E-state index contributed by atoms with van der Waals surface area (Å²) in [6.45, 7) is 0.510. The van der Waals surface area contributed by atoms with Gasteiger partial charge in [-0.2, -0.15) is 0 Å². The average Bonchev–Trinajstić information content (AvgIpc) is 2.43. The second-order valence-electron chi connectivity index (χ2n) is 2.15. The highest BCUT2D eigenvalue weighted by molar-refractivity contribution is 5.85. The largest absolute Gasteiger partial charge is 0.330 e. The number of halogens is 2. The van der Waals surface area contributed by atoms with Gasteiger partial charge in [-0.1, -0.05) is 0 Å². The van der Waals surface area contributed by atoms with E-state index in [1.807, 2.05) is 0 Å². The van der Waals surface area contributed by atoms with E-state index in [0.29, 0.717) is 18.4 Å².